The molecule has 29 heavy (non-hydrogen) atoms. The van der Waals surface area contributed by atoms with E-state index in [9.17, 15) is 19.6 Å². The fourth-order valence-electron chi connectivity index (χ4n) is 2.76. The number of hydrogen-bond acceptors (Lipinski definition) is 6. The molecule has 0 aliphatic heterocycles. The number of carboxylic acid groups (broad SMARTS) is 1. The second-order valence-corrected chi connectivity index (χ2v) is 6.73. The van der Waals surface area contributed by atoms with E-state index in [1.807, 2.05) is 0 Å². The predicted octanol–water partition coefficient (Wildman–Crippen LogP) is 0.426. The summed E-state index contributed by atoms with van der Waals surface area (Å²) in [7, 11) is -1.81. The van der Waals surface area contributed by atoms with Crippen LogP contribution in [0.4, 0.5) is 0 Å². The molecular formula is C20H24BNO7. The van der Waals surface area contributed by atoms with Gasteiger partial charge in [0.25, 0.3) is 0 Å². The van der Waals surface area contributed by atoms with Crippen LogP contribution >= 0.6 is 0 Å². The first kappa shape index (κ1) is 22.4. The molecule has 0 radical (unpaired) electrons. The number of rotatable bonds is 10. The topological polar surface area (TPSA) is 136 Å². The number of carbonyl (C=O) groups excluding carboxylic acids is 1. The molecule has 2 atom stereocenters. The molecule has 0 saturated carbocycles. The number of amides is 1. The molecule has 2 unspecified atom stereocenters. The summed E-state index contributed by atoms with van der Waals surface area (Å²) in [6.07, 6.45) is -0.334. The van der Waals surface area contributed by atoms with E-state index in [2.05, 4.69) is 5.32 Å². The Bertz CT molecular complexity index is 843. The Labute approximate surface area is 168 Å². The lowest BCUT2D eigenvalue weighted by Crippen LogP contribution is -2.48. The smallest absolute Gasteiger partial charge is 0.475 e. The van der Waals surface area contributed by atoms with E-state index in [1.165, 1.54) is 12.1 Å². The molecule has 2 aromatic rings. The minimum absolute atomic E-state index is 0.0108. The molecule has 0 aliphatic rings. The zero-order chi connectivity index (χ0) is 21.4. The van der Waals surface area contributed by atoms with E-state index in [4.69, 9.17) is 14.9 Å². The lowest BCUT2D eigenvalue weighted by atomic mass is 9.75. The molecule has 0 bridgehead atoms. The summed E-state index contributed by atoms with van der Waals surface area (Å²) >= 11 is 0. The molecule has 9 heteroatoms. The number of carboxylic acids is 1. The van der Waals surface area contributed by atoms with Gasteiger partial charge in [-0.3, -0.25) is 4.79 Å². The molecule has 0 aromatic heterocycles. The molecule has 154 valence electrons. The number of hydrogen-bond donors (Lipinski definition) is 5. The zero-order valence-electron chi connectivity index (χ0n) is 16.0. The quantitative estimate of drug-likeness (QED) is 0.364. The molecule has 5 N–H and O–H groups in total. The molecule has 2 rings (SSSR count). The maximum atomic E-state index is 12.4. The van der Waals surface area contributed by atoms with Gasteiger partial charge in [0.05, 0.1) is 24.5 Å². The standard InChI is InChI=1S/C20H24BNO7/c1-13(12-23)29-17-7-3-5-15(9-17)11-19(24)22-18(21(27)28)10-14-4-2-6-16(8-14)20(25)26/h2-9,13,18,23,27-28H,10-12H2,1H3,(H,22,24)(H,25,26). The summed E-state index contributed by atoms with van der Waals surface area (Å²) in [5, 5.41) is 39.9. The van der Waals surface area contributed by atoms with Crippen molar-refractivity contribution < 1.29 is 34.6 Å². The molecule has 0 aliphatic carbocycles. The normalized spacial score (nSPS) is 12.7. The Morgan fingerprint density at radius 3 is 2.45 bits per heavy atom. The number of aliphatic hydroxyl groups is 1. The van der Waals surface area contributed by atoms with E-state index in [0.717, 1.165) is 0 Å². The molecule has 0 heterocycles. The first-order valence-electron chi connectivity index (χ1n) is 9.12. The van der Waals surface area contributed by atoms with Gasteiger partial charge in [0.15, 0.2) is 0 Å². The van der Waals surface area contributed by atoms with E-state index < -0.39 is 24.9 Å². The summed E-state index contributed by atoms with van der Waals surface area (Å²) in [6, 6.07) is 12.9. The van der Waals surface area contributed by atoms with Crippen LogP contribution in [0.1, 0.15) is 28.4 Å². The maximum Gasteiger partial charge on any atom is 0.475 e. The van der Waals surface area contributed by atoms with Crippen molar-refractivity contribution in [3.05, 3.63) is 65.2 Å². The van der Waals surface area contributed by atoms with Gasteiger partial charge in [-0.2, -0.15) is 0 Å². The average molecular weight is 401 g/mol. The van der Waals surface area contributed by atoms with Crippen LogP contribution in [0.3, 0.4) is 0 Å². The molecule has 0 fully saturated rings. The fraction of sp³-hybridized carbons (Fsp3) is 0.300. The molecule has 8 nitrogen and oxygen atoms in total. The van der Waals surface area contributed by atoms with Crippen molar-refractivity contribution in [2.24, 2.45) is 0 Å². The van der Waals surface area contributed by atoms with Crippen molar-refractivity contribution in [3.8, 4) is 5.75 Å². The molecule has 0 spiro atoms. The predicted molar refractivity (Wildman–Crippen MR) is 107 cm³/mol. The van der Waals surface area contributed by atoms with E-state index >= 15 is 0 Å². The minimum Gasteiger partial charge on any atom is -0.488 e. The third-order valence-electron chi connectivity index (χ3n) is 4.19. The van der Waals surface area contributed by atoms with Crippen LogP contribution < -0.4 is 10.1 Å². The highest BCUT2D eigenvalue weighted by Gasteiger charge is 2.26. The van der Waals surface area contributed by atoms with Crippen LogP contribution in [-0.2, 0) is 17.6 Å². The van der Waals surface area contributed by atoms with Crippen LogP contribution in [-0.4, -0.2) is 57.9 Å². The van der Waals surface area contributed by atoms with Crippen molar-refractivity contribution >= 4 is 19.0 Å². The lowest BCUT2D eigenvalue weighted by molar-refractivity contribution is -0.120. The van der Waals surface area contributed by atoms with Crippen molar-refractivity contribution in [2.75, 3.05) is 6.61 Å². The van der Waals surface area contributed by atoms with Crippen LogP contribution in [0.15, 0.2) is 48.5 Å². The van der Waals surface area contributed by atoms with Gasteiger partial charge >= 0.3 is 13.1 Å². The van der Waals surface area contributed by atoms with Gasteiger partial charge < -0.3 is 30.3 Å². The Morgan fingerprint density at radius 1 is 1.10 bits per heavy atom. The number of aromatic carboxylic acids is 1. The van der Waals surface area contributed by atoms with Gasteiger partial charge in [0.2, 0.25) is 5.91 Å². The molecule has 2 aromatic carbocycles. The van der Waals surface area contributed by atoms with Gasteiger partial charge in [0.1, 0.15) is 11.9 Å². The number of aliphatic hydroxyl groups excluding tert-OH is 1. The maximum absolute atomic E-state index is 12.4. The highest BCUT2D eigenvalue weighted by Crippen LogP contribution is 2.16. The summed E-state index contributed by atoms with van der Waals surface area (Å²) in [5.41, 5.74) is 1.29. The summed E-state index contributed by atoms with van der Waals surface area (Å²) in [6.45, 7) is 1.58. The van der Waals surface area contributed by atoms with Gasteiger partial charge in [-0.15, -0.1) is 0 Å². The Morgan fingerprint density at radius 2 is 1.79 bits per heavy atom. The van der Waals surface area contributed by atoms with Crippen molar-refractivity contribution in [2.45, 2.75) is 31.8 Å². The number of nitrogens with one attached hydrogen (secondary N) is 1. The first-order chi connectivity index (χ1) is 13.8. The summed E-state index contributed by atoms with van der Waals surface area (Å²) in [4.78, 5) is 23.4. The number of carbonyl (C=O) groups is 2. The zero-order valence-corrected chi connectivity index (χ0v) is 16.0. The lowest BCUT2D eigenvalue weighted by Gasteiger charge is -2.18. The van der Waals surface area contributed by atoms with E-state index in [-0.39, 0.29) is 31.1 Å². The van der Waals surface area contributed by atoms with Crippen molar-refractivity contribution in [1.29, 1.82) is 0 Å². The molecule has 0 saturated heterocycles. The Hall–Kier alpha value is -2.88. The minimum atomic E-state index is -1.81. The third-order valence-corrected chi connectivity index (χ3v) is 4.19. The first-order valence-corrected chi connectivity index (χ1v) is 9.12. The van der Waals surface area contributed by atoms with E-state index in [0.29, 0.717) is 16.9 Å². The van der Waals surface area contributed by atoms with E-state index in [1.54, 1.807) is 43.3 Å². The molecule has 1 amide bonds. The second kappa shape index (κ2) is 10.6. The molecular weight excluding hydrogens is 377 g/mol. The highest BCUT2D eigenvalue weighted by molar-refractivity contribution is 6.43. The Balaban J connectivity index is 2.02. The van der Waals surface area contributed by atoms with Gasteiger partial charge in [-0.25, -0.2) is 4.79 Å². The second-order valence-electron chi connectivity index (χ2n) is 6.73. The number of ether oxygens (including phenoxy) is 1. The van der Waals surface area contributed by atoms with Crippen LogP contribution in [0.2, 0.25) is 0 Å². The largest absolute Gasteiger partial charge is 0.488 e. The third kappa shape index (κ3) is 7.22. The van der Waals surface area contributed by atoms with Crippen molar-refractivity contribution in [3.63, 3.8) is 0 Å². The van der Waals surface area contributed by atoms with Crippen LogP contribution in [0.5, 0.6) is 5.75 Å². The van der Waals surface area contributed by atoms with Gasteiger partial charge in [0, 0.05) is 0 Å². The Kier molecular flexibility index (Phi) is 8.20. The van der Waals surface area contributed by atoms with Gasteiger partial charge in [-0.1, -0.05) is 24.3 Å². The van der Waals surface area contributed by atoms with Crippen LogP contribution in [0, 0.1) is 0 Å². The SMILES string of the molecule is CC(CO)Oc1cccc(CC(=O)NC(Cc2cccc(C(=O)O)c2)B(O)O)c1. The van der Waals surface area contributed by atoms with Crippen LogP contribution in [0.25, 0.3) is 0 Å². The van der Waals surface area contributed by atoms with Gasteiger partial charge in [-0.05, 0) is 48.7 Å². The average Bonchev–Trinajstić information content (AvgIpc) is 2.67. The van der Waals surface area contributed by atoms with Crippen molar-refractivity contribution in [1.82, 2.24) is 5.32 Å². The number of benzene rings is 2. The highest BCUT2D eigenvalue weighted by atomic mass is 16.5. The summed E-state index contributed by atoms with van der Waals surface area (Å²) < 4.78 is 5.50. The summed E-state index contributed by atoms with van der Waals surface area (Å²) in [5.74, 6) is -2.00. The monoisotopic (exact) mass is 401 g/mol. The fourth-order valence-corrected chi connectivity index (χ4v) is 2.76.